The summed E-state index contributed by atoms with van der Waals surface area (Å²) in [5.74, 6) is 0.321. The van der Waals surface area contributed by atoms with E-state index in [0.29, 0.717) is 11.4 Å². The number of hydrazone groups is 1. The molecule has 5 nitrogen and oxygen atoms in total. The maximum atomic E-state index is 12.0. The first-order valence-corrected chi connectivity index (χ1v) is 8.68. The van der Waals surface area contributed by atoms with E-state index < -0.39 is 10.0 Å². The Balaban J connectivity index is 1.92. The van der Waals surface area contributed by atoms with Gasteiger partial charge in [0.2, 0.25) is 0 Å². The van der Waals surface area contributed by atoms with Gasteiger partial charge >= 0.3 is 0 Å². The molecular weight excluding hydrogens is 366 g/mol. The number of amidine groups is 1. The minimum Gasteiger partial charge on any atom is -0.250 e. The normalized spacial score (nSPS) is 15.6. The maximum absolute atomic E-state index is 12.0. The van der Waals surface area contributed by atoms with Crippen LogP contribution in [-0.2, 0) is 10.0 Å². The molecule has 0 spiro atoms. The average Bonchev–Trinajstić information content (AvgIpc) is 2.77. The number of nitrogens with zero attached hydrogens (tertiary/aromatic N) is 3. The number of fused-ring (bicyclic) bond motifs is 1. The van der Waals surface area contributed by atoms with E-state index in [1.54, 1.807) is 37.5 Å². The van der Waals surface area contributed by atoms with Crippen molar-refractivity contribution in [3.05, 3.63) is 64.1 Å². The van der Waals surface area contributed by atoms with Gasteiger partial charge in [0.25, 0.3) is 10.0 Å². The van der Waals surface area contributed by atoms with Crippen LogP contribution in [0, 0.1) is 0 Å². The summed E-state index contributed by atoms with van der Waals surface area (Å²) >= 11 is 3.39. The van der Waals surface area contributed by atoms with Gasteiger partial charge in [-0.1, -0.05) is 40.2 Å². The Morgan fingerprint density at radius 2 is 1.95 bits per heavy atom. The van der Waals surface area contributed by atoms with E-state index in [2.05, 4.69) is 25.4 Å². The summed E-state index contributed by atoms with van der Waals surface area (Å²) in [7, 11) is -1.95. The van der Waals surface area contributed by atoms with Crippen molar-refractivity contribution in [2.75, 3.05) is 7.05 Å². The van der Waals surface area contributed by atoms with Crippen molar-refractivity contribution in [3.63, 3.8) is 0 Å². The highest BCUT2D eigenvalue weighted by Crippen LogP contribution is 2.26. The van der Waals surface area contributed by atoms with Crippen LogP contribution in [0.2, 0.25) is 0 Å². The van der Waals surface area contributed by atoms with Crippen LogP contribution < -0.4 is 0 Å². The SMILES string of the molecule is CN(N=Cc1cccc(Br)c1)C1=NS(=O)(=O)c2ccccc21. The predicted molar refractivity (Wildman–Crippen MR) is 89.7 cm³/mol. The Kier molecular flexibility index (Phi) is 3.84. The van der Waals surface area contributed by atoms with Crippen LogP contribution in [0.15, 0.2) is 67.4 Å². The molecular formula is C15H12BrN3O2S. The second kappa shape index (κ2) is 5.66. The van der Waals surface area contributed by atoms with Crippen LogP contribution in [0.5, 0.6) is 0 Å². The van der Waals surface area contributed by atoms with Gasteiger partial charge in [0, 0.05) is 17.1 Å². The fourth-order valence-electron chi connectivity index (χ4n) is 2.12. The van der Waals surface area contributed by atoms with Crippen molar-refractivity contribution in [2.24, 2.45) is 9.50 Å². The van der Waals surface area contributed by atoms with Gasteiger partial charge in [-0.2, -0.15) is 13.5 Å². The molecule has 1 heterocycles. The molecule has 0 radical (unpaired) electrons. The number of hydrogen-bond acceptors (Lipinski definition) is 4. The monoisotopic (exact) mass is 377 g/mol. The lowest BCUT2D eigenvalue weighted by Crippen LogP contribution is -2.21. The van der Waals surface area contributed by atoms with Crippen molar-refractivity contribution >= 4 is 38.0 Å². The van der Waals surface area contributed by atoms with E-state index in [4.69, 9.17) is 0 Å². The first-order chi connectivity index (χ1) is 10.5. The number of halogens is 1. The fourth-order valence-corrected chi connectivity index (χ4v) is 3.76. The minimum absolute atomic E-state index is 0.217. The van der Waals surface area contributed by atoms with Crippen LogP contribution in [0.1, 0.15) is 11.1 Å². The van der Waals surface area contributed by atoms with E-state index in [1.807, 2.05) is 24.3 Å². The molecule has 0 aliphatic carbocycles. The van der Waals surface area contributed by atoms with Gasteiger partial charge in [0.15, 0.2) is 5.84 Å². The molecule has 3 rings (SSSR count). The summed E-state index contributed by atoms with van der Waals surface area (Å²) in [6.45, 7) is 0. The van der Waals surface area contributed by atoms with E-state index in [1.165, 1.54) is 5.01 Å². The lowest BCUT2D eigenvalue weighted by Gasteiger charge is -2.12. The fraction of sp³-hybridized carbons (Fsp3) is 0.0667. The summed E-state index contributed by atoms with van der Waals surface area (Å²) in [5, 5.41) is 5.74. The zero-order chi connectivity index (χ0) is 15.7. The molecule has 1 aliphatic heterocycles. The summed E-state index contributed by atoms with van der Waals surface area (Å²) < 4.78 is 28.8. The molecule has 1 aliphatic rings. The molecule has 0 unspecified atom stereocenters. The first-order valence-electron chi connectivity index (χ1n) is 6.45. The largest absolute Gasteiger partial charge is 0.285 e. The van der Waals surface area contributed by atoms with Gasteiger partial charge in [0.1, 0.15) is 4.90 Å². The van der Waals surface area contributed by atoms with E-state index in [9.17, 15) is 8.42 Å². The lowest BCUT2D eigenvalue weighted by atomic mass is 10.2. The topological polar surface area (TPSA) is 62.1 Å². The number of benzene rings is 2. The van der Waals surface area contributed by atoms with Crippen LogP contribution >= 0.6 is 15.9 Å². The molecule has 2 aromatic carbocycles. The van der Waals surface area contributed by atoms with Crippen LogP contribution in [-0.4, -0.2) is 32.5 Å². The molecule has 0 fully saturated rings. The lowest BCUT2D eigenvalue weighted by molar-refractivity contribution is 0.549. The zero-order valence-electron chi connectivity index (χ0n) is 11.6. The van der Waals surface area contributed by atoms with Gasteiger partial charge < -0.3 is 0 Å². The Morgan fingerprint density at radius 3 is 2.73 bits per heavy atom. The zero-order valence-corrected chi connectivity index (χ0v) is 14.0. The second-order valence-electron chi connectivity index (χ2n) is 4.71. The minimum atomic E-state index is -3.62. The Labute approximate surface area is 137 Å². The van der Waals surface area contributed by atoms with Gasteiger partial charge in [-0.25, -0.2) is 5.01 Å². The van der Waals surface area contributed by atoms with Crippen molar-refractivity contribution in [1.29, 1.82) is 0 Å². The molecule has 2 aromatic rings. The third-order valence-electron chi connectivity index (χ3n) is 3.15. The van der Waals surface area contributed by atoms with E-state index in [0.717, 1.165) is 10.0 Å². The highest BCUT2D eigenvalue weighted by atomic mass is 79.9. The van der Waals surface area contributed by atoms with E-state index >= 15 is 0 Å². The van der Waals surface area contributed by atoms with Crippen LogP contribution in [0.4, 0.5) is 0 Å². The third kappa shape index (κ3) is 2.82. The number of sulfonamides is 1. The molecule has 0 atom stereocenters. The second-order valence-corrected chi connectivity index (χ2v) is 7.20. The molecule has 22 heavy (non-hydrogen) atoms. The Morgan fingerprint density at radius 1 is 1.18 bits per heavy atom. The van der Waals surface area contributed by atoms with E-state index in [-0.39, 0.29) is 4.90 Å². The number of hydrogen-bond donors (Lipinski definition) is 0. The average molecular weight is 378 g/mol. The van der Waals surface area contributed by atoms with Crippen molar-refractivity contribution in [1.82, 2.24) is 5.01 Å². The Hall–Kier alpha value is -1.99. The third-order valence-corrected chi connectivity index (χ3v) is 4.97. The molecule has 112 valence electrons. The van der Waals surface area contributed by atoms with Crippen molar-refractivity contribution < 1.29 is 8.42 Å². The highest BCUT2D eigenvalue weighted by Gasteiger charge is 2.30. The molecule has 0 aromatic heterocycles. The molecule has 7 heteroatoms. The smallest absolute Gasteiger partial charge is 0.250 e. The molecule has 0 saturated heterocycles. The summed E-state index contributed by atoms with van der Waals surface area (Å²) in [5.41, 5.74) is 1.47. The van der Waals surface area contributed by atoms with Crippen molar-refractivity contribution in [3.8, 4) is 0 Å². The highest BCUT2D eigenvalue weighted by molar-refractivity contribution is 9.10. The predicted octanol–water partition coefficient (Wildman–Crippen LogP) is 2.86. The van der Waals surface area contributed by atoms with Gasteiger partial charge in [-0.3, -0.25) is 0 Å². The van der Waals surface area contributed by atoms with Crippen molar-refractivity contribution in [2.45, 2.75) is 4.90 Å². The standard InChI is InChI=1S/C15H12BrN3O2S/c1-19(17-10-11-5-4-6-12(16)9-11)15-13-7-2-3-8-14(13)22(20,21)18-15/h2-10H,1H3. The molecule has 0 amide bonds. The van der Waals surface area contributed by atoms with Crippen LogP contribution in [0.3, 0.4) is 0 Å². The molecule has 0 N–H and O–H groups in total. The Bertz CT molecular complexity index is 891. The van der Waals surface area contributed by atoms with Gasteiger partial charge in [-0.15, -0.1) is 4.40 Å². The maximum Gasteiger partial charge on any atom is 0.285 e. The summed E-state index contributed by atoms with van der Waals surface area (Å²) in [6, 6.07) is 14.4. The summed E-state index contributed by atoms with van der Waals surface area (Å²) in [6.07, 6.45) is 1.65. The van der Waals surface area contributed by atoms with Gasteiger partial charge in [-0.05, 0) is 29.8 Å². The first kappa shape index (κ1) is 14.9. The molecule has 0 saturated carbocycles. The van der Waals surface area contributed by atoms with Crippen LogP contribution in [0.25, 0.3) is 0 Å². The number of rotatable bonds is 2. The summed E-state index contributed by atoms with van der Waals surface area (Å²) in [4.78, 5) is 0.217. The quantitative estimate of drug-likeness (QED) is 0.597. The molecule has 0 bridgehead atoms. The van der Waals surface area contributed by atoms with Gasteiger partial charge in [0.05, 0.1) is 6.21 Å².